The van der Waals surface area contributed by atoms with Gasteiger partial charge in [0.1, 0.15) is 16.5 Å². The van der Waals surface area contributed by atoms with Crippen molar-refractivity contribution >= 4 is 32.9 Å². The molecule has 2 aromatic carbocycles. The monoisotopic (exact) mass is 432 g/mol. The Morgan fingerprint density at radius 1 is 1.03 bits per heavy atom. The van der Waals surface area contributed by atoms with Crippen LogP contribution in [0.3, 0.4) is 0 Å². The molecule has 3 nitrogen and oxygen atoms in total. The number of aryl methyl sites for hydroxylation is 1. The number of thiophene rings is 2. The maximum atomic E-state index is 13.8. The first-order chi connectivity index (χ1) is 14.6. The number of nitrogens with zero attached hydrogens (tertiary/aromatic N) is 2. The van der Waals surface area contributed by atoms with Crippen LogP contribution >= 0.6 is 22.7 Å². The van der Waals surface area contributed by atoms with E-state index in [2.05, 4.69) is 0 Å². The summed E-state index contributed by atoms with van der Waals surface area (Å²) < 4.78 is 15.5. The minimum atomic E-state index is -0.318. The molecule has 0 saturated carbocycles. The highest BCUT2D eigenvalue weighted by Gasteiger charge is 2.19. The molecule has 3 aromatic heterocycles. The van der Waals surface area contributed by atoms with E-state index in [1.807, 2.05) is 60.1 Å². The van der Waals surface area contributed by atoms with Crippen LogP contribution in [0.1, 0.15) is 11.1 Å². The quantitative estimate of drug-likeness (QED) is 0.332. The van der Waals surface area contributed by atoms with Gasteiger partial charge in [-0.2, -0.15) is 0 Å². The van der Waals surface area contributed by atoms with Crippen molar-refractivity contribution in [2.45, 2.75) is 13.5 Å². The van der Waals surface area contributed by atoms with E-state index < -0.39 is 0 Å². The van der Waals surface area contributed by atoms with Gasteiger partial charge in [0.25, 0.3) is 5.56 Å². The van der Waals surface area contributed by atoms with Gasteiger partial charge in [0, 0.05) is 21.4 Å². The van der Waals surface area contributed by atoms with Crippen LogP contribution in [-0.4, -0.2) is 9.55 Å². The van der Waals surface area contributed by atoms with Crippen LogP contribution in [0.15, 0.2) is 76.2 Å². The van der Waals surface area contributed by atoms with Crippen LogP contribution in [0.5, 0.6) is 0 Å². The molecule has 3 heterocycles. The van der Waals surface area contributed by atoms with Gasteiger partial charge in [-0.05, 0) is 42.1 Å². The lowest BCUT2D eigenvalue weighted by atomic mass is 10.1. The maximum absolute atomic E-state index is 13.8. The molecule has 0 radical (unpaired) electrons. The number of aromatic nitrogens is 2. The van der Waals surface area contributed by atoms with Gasteiger partial charge in [0.2, 0.25) is 0 Å². The van der Waals surface area contributed by atoms with Gasteiger partial charge in [-0.1, -0.05) is 42.0 Å². The Hall–Kier alpha value is -3.09. The van der Waals surface area contributed by atoms with E-state index in [1.165, 1.54) is 23.5 Å². The van der Waals surface area contributed by atoms with Crippen LogP contribution in [0.25, 0.3) is 32.0 Å². The third-order valence-electron chi connectivity index (χ3n) is 4.99. The molecule has 5 aromatic rings. The van der Waals surface area contributed by atoms with Crippen molar-refractivity contribution in [1.82, 2.24) is 9.55 Å². The Balaban J connectivity index is 1.78. The van der Waals surface area contributed by atoms with Crippen molar-refractivity contribution in [2.24, 2.45) is 0 Å². The Labute approximate surface area is 180 Å². The molecule has 0 atom stereocenters. The second kappa shape index (κ2) is 7.63. The fourth-order valence-electron chi connectivity index (χ4n) is 3.61. The molecule has 0 amide bonds. The van der Waals surface area contributed by atoms with E-state index >= 15 is 0 Å². The lowest BCUT2D eigenvalue weighted by Gasteiger charge is -2.14. The summed E-state index contributed by atoms with van der Waals surface area (Å²) in [6.45, 7) is 2.26. The molecule has 0 bridgehead atoms. The van der Waals surface area contributed by atoms with Gasteiger partial charge in [0.05, 0.1) is 11.9 Å². The number of hydrogen-bond acceptors (Lipinski definition) is 4. The van der Waals surface area contributed by atoms with E-state index in [0.717, 1.165) is 32.0 Å². The van der Waals surface area contributed by atoms with Crippen molar-refractivity contribution < 1.29 is 4.39 Å². The molecular formula is C24H17FN2OS2. The molecular weight excluding hydrogens is 415 g/mol. The summed E-state index contributed by atoms with van der Waals surface area (Å²) in [4.78, 5) is 20.4. The molecule has 5 rings (SSSR count). The van der Waals surface area contributed by atoms with Crippen molar-refractivity contribution in [2.75, 3.05) is 0 Å². The Bertz CT molecular complexity index is 1420. The summed E-state index contributed by atoms with van der Waals surface area (Å²) in [6.07, 6.45) is 0. The number of halogens is 1. The summed E-state index contributed by atoms with van der Waals surface area (Å²) in [5.74, 6) is 0.279. The Morgan fingerprint density at radius 3 is 2.67 bits per heavy atom. The SMILES string of the molecule is Cc1cccc(-c2nc3scc(-c4cccs4)c3c(=O)n2Cc2cccc(F)c2)c1. The lowest BCUT2D eigenvalue weighted by molar-refractivity contribution is 0.623. The fourth-order valence-corrected chi connectivity index (χ4v) is 5.36. The molecule has 6 heteroatoms. The van der Waals surface area contributed by atoms with Crippen LogP contribution in [-0.2, 0) is 6.54 Å². The van der Waals surface area contributed by atoms with Gasteiger partial charge in [-0.15, -0.1) is 22.7 Å². The smallest absolute Gasteiger partial charge is 0.263 e. The van der Waals surface area contributed by atoms with Crippen molar-refractivity contribution in [3.63, 3.8) is 0 Å². The molecule has 0 unspecified atom stereocenters. The fraction of sp³-hybridized carbons (Fsp3) is 0.0833. The van der Waals surface area contributed by atoms with E-state index in [0.29, 0.717) is 11.2 Å². The van der Waals surface area contributed by atoms with Gasteiger partial charge >= 0.3 is 0 Å². The molecule has 148 valence electrons. The first-order valence-electron chi connectivity index (χ1n) is 9.47. The standard InChI is InChI=1S/C24H17FN2OS2/c1-15-5-2-7-17(11-15)22-26-23-21(19(14-30-23)20-9-4-10-29-20)24(28)27(22)13-16-6-3-8-18(25)12-16/h2-12,14H,13H2,1H3. The second-order valence-corrected chi connectivity index (χ2v) is 8.94. The predicted molar refractivity (Wildman–Crippen MR) is 123 cm³/mol. The second-order valence-electron chi connectivity index (χ2n) is 7.13. The maximum Gasteiger partial charge on any atom is 0.263 e. The number of benzene rings is 2. The molecule has 0 spiro atoms. The third-order valence-corrected chi connectivity index (χ3v) is 6.76. The Morgan fingerprint density at radius 2 is 1.90 bits per heavy atom. The first-order valence-corrected chi connectivity index (χ1v) is 11.2. The van der Waals surface area contributed by atoms with Crippen molar-refractivity contribution in [3.8, 4) is 21.8 Å². The van der Waals surface area contributed by atoms with E-state index in [4.69, 9.17) is 4.98 Å². The van der Waals surface area contributed by atoms with Gasteiger partial charge in [-0.25, -0.2) is 9.37 Å². The van der Waals surface area contributed by atoms with Crippen LogP contribution in [0.4, 0.5) is 4.39 Å². The van der Waals surface area contributed by atoms with E-state index in [9.17, 15) is 9.18 Å². The van der Waals surface area contributed by atoms with E-state index in [-0.39, 0.29) is 17.9 Å². The van der Waals surface area contributed by atoms with Crippen LogP contribution in [0, 0.1) is 12.7 Å². The number of fused-ring (bicyclic) bond motifs is 1. The highest BCUT2D eigenvalue weighted by Crippen LogP contribution is 2.35. The molecule has 30 heavy (non-hydrogen) atoms. The molecule has 0 aliphatic rings. The minimum Gasteiger partial charge on any atom is -0.288 e. The average Bonchev–Trinajstić information content (AvgIpc) is 3.39. The Kier molecular flexibility index (Phi) is 4.81. The molecule has 0 saturated heterocycles. The first kappa shape index (κ1) is 18.9. The summed E-state index contributed by atoms with van der Waals surface area (Å²) >= 11 is 3.08. The predicted octanol–water partition coefficient (Wildman–Crippen LogP) is 6.35. The summed E-state index contributed by atoms with van der Waals surface area (Å²) in [7, 11) is 0. The van der Waals surface area contributed by atoms with Gasteiger partial charge in [0.15, 0.2) is 0 Å². The summed E-state index contributed by atoms with van der Waals surface area (Å²) in [5.41, 5.74) is 3.48. The van der Waals surface area contributed by atoms with Gasteiger partial charge in [-0.3, -0.25) is 9.36 Å². The summed E-state index contributed by atoms with van der Waals surface area (Å²) in [5, 5.41) is 4.62. The number of hydrogen-bond donors (Lipinski definition) is 0. The molecule has 0 fully saturated rings. The zero-order chi connectivity index (χ0) is 20.7. The molecule has 0 aliphatic carbocycles. The van der Waals surface area contributed by atoms with Gasteiger partial charge < -0.3 is 0 Å². The molecule has 0 aliphatic heterocycles. The average molecular weight is 433 g/mol. The summed E-state index contributed by atoms with van der Waals surface area (Å²) in [6, 6.07) is 18.3. The largest absolute Gasteiger partial charge is 0.288 e. The zero-order valence-corrected chi connectivity index (χ0v) is 17.8. The van der Waals surface area contributed by atoms with Crippen molar-refractivity contribution in [1.29, 1.82) is 0 Å². The van der Waals surface area contributed by atoms with Crippen molar-refractivity contribution in [3.05, 3.63) is 98.7 Å². The van der Waals surface area contributed by atoms with Crippen LogP contribution < -0.4 is 5.56 Å². The minimum absolute atomic E-state index is 0.106. The molecule has 0 N–H and O–H groups in total. The third kappa shape index (κ3) is 3.38. The normalized spacial score (nSPS) is 11.3. The highest BCUT2D eigenvalue weighted by atomic mass is 32.1. The zero-order valence-electron chi connectivity index (χ0n) is 16.1. The van der Waals surface area contributed by atoms with Crippen LogP contribution in [0.2, 0.25) is 0 Å². The lowest BCUT2D eigenvalue weighted by Crippen LogP contribution is -2.24. The van der Waals surface area contributed by atoms with E-state index in [1.54, 1.807) is 22.0 Å². The number of rotatable bonds is 4. The topological polar surface area (TPSA) is 34.9 Å². The highest BCUT2D eigenvalue weighted by molar-refractivity contribution is 7.18.